The average Bonchev–Trinajstić information content (AvgIpc) is 2.91. The quantitative estimate of drug-likeness (QED) is 0.136. The van der Waals surface area contributed by atoms with Crippen molar-refractivity contribution in [1.82, 2.24) is 5.43 Å². The SMILES string of the molecule is CCOc1ccc(C(=O)N/N=C/c2cc(Cl)c(Oc3ccc(C(F)(F)F)cc3[N+](=O)[O-])c(OCC)c2)cc1OCC. The summed E-state index contributed by atoms with van der Waals surface area (Å²) in [5.41, 5.74) is 0.890. The highest BCUT2D eigenvalue weighted by Crippen LogP contribution is 2.43. The molecule has 0 aliphatic rings. The summed E-state index contributed by atoms with van der Waals surface area (Å²) in [6.45, 7) is 6.22. The molecule has 0 saturated heterocycles. The first-order valence-corrected chi connectivity index (χ1v) is 12.6. The van der Waals surface area contributed by atoms with Gasteiger partial charge in [0.05, 0.1) is 41.5 Å². The zero-order chi connectivity index (χ0) is 30.2. The third kappa shape index (κ3) is 8.01. The van der Waals surface area contributed by atoms with Gasteiger partial charge in [0.25, 0.3) is 5.91 Å². The second-order valence-electron chi connectivity index (χ2n) is 8.03. The number of nitrogens with one attached hydrogen (secondary N) is 1. The molecule has 3 rings (SSSR count). The molecule has 10 nitrogen and oxygen atoms in total. The minimum Gasteiger partial charge on any atom is -0.490 e. The summed E-state index contributed by atoms with van der Waals surface area (Å²) in [6, 6.07) is 9.34. The topological polar surface area (TPSA) is 122 Å². The Hall–Kier alpha value is -4.52. The second kappa shape index (κ2) is 13.7. The minimum absolute atomic E-state index is 0.0369. The number of ether oxygens (including phenoxy) is 4. The zero-order valence-corrected chi connectivity index (χ0v) is 22.8. The van der Waals surface area contributed by atoms with Crippen LogP contribution in [-0.4, -0.2) is 36.9 Å². The van der Waals surface area contributed by atoms with Crippen molar-refractivity contribution in [2.45, 2.75) is 26.9 Å². The summed E-state index contributed by atoms with van der Waals surface area (Å²) >= 11 is 6.35. The number of carbonyl (C=O) groups is 1. The lowest BCUT2D eigenvalue weighted by Gasteiger charge is -2.15. The lowest BCUT2D eigenvalue weighted by molar-refractivity contribution is -0.385. The largest absolute Gasteiger partial charge is 0.490 e. The van der Waals surface area contributed by atoms with E-state index in [4.69, 9.17) is 30.5 Å². The maximum atomic E-state index is 13.1. The molecule has 0 spiro atoms. The highest BCUT2D eigenvalue weighted by atomic mass is 35.5. The van der Waals surface area contributed by atoms with Gasteiger partial charge in [-0.05, 0) is 68.8 Å². The van der Waals surface area contributed by atoms with Crippen LogP contribution in [0.4, 0.5) is 18.9 Å². The fraction of sp³-hybridized carbons (Fsp3) is 0.259. The second-order valence-corrected chi connectivity index (χ2v) is 8.44. The van der Waals surface area contributed by atoms with Crippen LogP contribution in [0.3, 0.4) is 0 Å². The molecule has 0 fully saturated rings. The third-order valence-electron chi connectivity index (χ3n) is 5.21. The van der Waals surface area contributed by atoms with Gasteiger partial charge in [-0.1, -0.05) is 11.6 Å². The van der Waals surface area contributed by atoms with Gasteiger partial charge in [0.15, 0.2) is 23.0 Å². The number of nitro groups is 1. The van der Waals surface area contributed by atoms with Gasteiger partial charge in [0.2, 0.25) is 5.75 Å². The molecule has 0 atom stereocenters. The van der Waals surface area contributed by atoms with E-state index in [0.29, 0.717) is 42.4 Å². The van der Waals surface area contributed by atoms with Crippen molar-refractivity contribution in [2.24, 2.45) is 5.10 Å². The van der Waals surface area contributed by atoms with Gasteiger partial charge >= 0.3 is 11.9 Å². The molecule has 0 aliphatic carbocycles. The van der Waals surface area contributed by atoms with E-state index >= 15 is 0 Å². The Morgan fingerprint density at radius 2 is 1.59 bits per heavy atom. The van der Waals surface area contributed by atoms with E-state index in [0.717, 1.165) is 6.07 Å². The Morgan fingerprint density at radius 3 is 2.22 bits per heavy atom. The molecule has 0 bridgehead atoms. The fourth-order valence-corrected chi connectivity index (χ4v) is 3.74. The zero-order valence-electron chi connectivity index (χ0n) is 22.1. The van der Waals surface area contributed by atoms with Crippen LogP contribution in [-0.2, 0) is 6.18 Å². The summed E-state index contributed by atoms with van der Waals surface area (Å²) in [4.78, 5) is 23.1. The normalized spacial score (nSPS) is 11.3. The Morgan fingerprint density at radius 1 is 0.951 bits per heavy atom. The highest BCUT2D eigenvalue weighted by Gasteiger charge is 2.33. The molecule has 1 N–H and O–H groups in total. The van der Waals surface area contributed by atoms with Gasteiger partial charge in [-0.25, -0.2) is 5.43 Å². The number of nitrogens with zero attached hydrogens (tertiary/aromatic N) is 2. The lowest BCUT2D eigenvalue weighted by atomic mass is 10.1. The van der Waals surface area contributed by atoms with Crippen LogP contribution < -0.4 is 24.4 Å². The molecule has 0 radical (unpaired) electrons. The molecular weight excluding hydrogens is 571 g/mol. The number of benzene rings is 3. The van der Waals surface area contributed by atoms with Crippen LogP contribution in [0, 0.1) is 10.1 Å². The predicted molar refractivity (Wildman–Crippen MR) is 145 cm³/mol. The number of carbonyl (C=O) groups excluding carboxylic acids is 1. The lowest BCUT2D eigenvalue weighted by Crippen LogP contribution is -2.17. The average molecular weight is 596 g/mol. The number of amides is 1. The summed E-state index contributed by atoms with van der Waals surface area (Å²) < 4.78 is 61.3. The maximum absolute atomic E-state index is 13.1. The maximum Gasteiger partial charge on any atom is 0.416 e. The van der Waals surface area contributed by atoms with Crippen molar-refractivity contribution in [1.29, 1.82) is 0 Å². The monoisotopic (exact) mass is 595 g/mol. The molecule has 1 amide bonds. The van der Waals surface area contributed by atoms with E-state index < -0.39 is 34.0 Å². The first kappa shape index (κ1) is 31.0. The van der Waals surface area contributed by atoms with Crippen LogP contribution in [0.25, 0.3) is 0 Å². The molecule has 3 aromatic rings. The highest BCUT2D eigenvalue weighted by molar-refractivity contribution is 6.32. The van der Waals surface area contributed by atoms with E-state index in [1.807, 2.05) is 6.92 Å². The first-order valence-electron chi connectivity index (χ1n) is 12.2. The number of hydrogen-bond acceptors (Lipinski definition) is 8. The molecule has 0 heterocycles. The molecule has 0 unspecified atom stereocenters. The van der Waals surface area contributed by atoms with Crippen molar-refractivity contribution < 1.29 is 41.8 Å². The Bertz CT molecular complexity index is 1450. The minimum atomic E-state index is -4.79. The summed E-state index contributed by atoms with van der Waals surface area (Å²) in [7, 11) is 0. The van der Waals surface area contributed by atoms with Crippen molar-refractivity contribution >= 4 is 29.4 Å². The van der Waals surface area contributed by atoms with E-state index in [1.54, 1.807) is 26.0 Å². The smallest absolute Gasteiger partial charge is 0.416 e. The predicted octanol–water partition coefficient (Wildman–Crippen LogP) is 7.02. The van der Waals surface area contributed by atoms with E-state index in [2.05, 4.69) is 10.5 Å². The summed E-state index contributed by atoms with van der Waals surface area (Å²) in [5.74, 6) is -0.220. The fourth-order valence-electron chi connectivity index (χ4n) is 3.48. The molecule has 41 heavy (non-hydrogen) atoms. The number of nitro benzene ring substituents is 1. The number of rotatable bonds is 12. The molecular formula is C27H25ClF3N3O7. The number of halogens is 4. The van der Waals surface area contributed by atoms with E-state index in [9.17, 15) is 28.1 Å². The first-order chi connectivity index (χ1) is 19.5. The number of alkyl halides is 3. The molecule has 3 aromatic carbocycles. The van der Waals surface area contributed by atoms with Crippen LogP contribution >= 0.6 is 11.6 Å². The Kier molecular flexibility index (Phi) is 10.4. The van der Waals surface area contributed by atoms with Gasteiger partial charge in [0, 0.05) is 11.6 Å². The van der Waals surface area contributed by atoms with Crippen LogP contribution in [0.5, 0.6) is 28.7 Å². The van der Waals surface area contributed by atoms with E-state index in [1.165, 1.54) is 24.4 Å². The standard InChI is InChI=1S/C27H25ClF3N3O7/c1-4-38-22-9-7-17(13-23(22)39-5-2)26(35)33-32-15-16-11-19(28)25(24(12-16)40-6-3)41-21-10-8-18(27(29,30)31)14-20(21)34(36)37/h7-15H,4-6H2,1-3H3,(H,33,35)/b32-15+. The molecule has 218 valence electrons. The van der Waals surface area contributed by atoms with Crippen molar-refractivity contribution in [3.63, 3.8) is 0 Å². The van der Waals surface area contributed by atoms with Gasteiger partial charge in [-0.3, -0.25) is 14.9 Å². The summed E-state index contributed by atoms with van der Waals surface area (Å²) in [5, 5.41) is 15.3. The van der Waals surface area contributed by atoms with Crippen LogP contribution in [0.15, 0.2) is 53.6 Å². The number of hydrogen-bond donors (Lipinski definition) is 1. The summed E-state index contributed by atoms with van der Waals surface area (Å²) in [6.07, 6.45) is -3.51. The Balaban J connectivity index is 1.84. The van der Waals surface area contributed by atoms with Crippen molar-refractivity contribution in [2.75, 3.05) is 19.8 Å². The molecule has 0 saturated carbocycles. The molecule has 14 heteroatoms. The van der Waals surface area contributed by atoms with Crippen LogP contribution in [0.2, 0.25) is 5.02 Å². The number of hydrazone groups is 1. The van der Waals surface area contributed by atoms with Crippen LogP contribution in [0.1, 0.15) is 42.3 Å². The van der Waals surface area contributed by atoms with Gasteiger partial charge in [0.1, 0.15) is 0 Å². The third-order valence-corrected chi connectivity index (χ3v) is 5.49. The van der Waals surface area contributed by atoms with Gasteiger partial charge in [-0.2, -0.15) is 18.3 Å². The van der Waals surface area contributed by atoms with E-state index in [-0.39, 0.29) is 28.7 Å². The van der Waals surface area contributed by atoms with Crippen molar-refractivity contribution in [3.8, 4) is 28.7 Å². The Labute approximate surface area is 237 Å². The van der Waals surface area contributed by atoms with Gasteiger partial charge < -0.3 is 18.9 Å². The van der Waals surface area contributed by atoms with Crippen molar-refractivity contribution in [3.05, 3.63) is 80.4 Å². The molecule has 0 aliphatic heterocycles. The van der Waals surface area contributed by atoms with Gasteiger partial charge in [-0.15, -0.1) is 0 Å². The molecule has 0 aromatic heterocycles.